The Hall–Kier alpha value is -1.03. The molecule has 0 radical (unpaired) electrons. The van der Waals surface area contributed by atoms with Crippen molar-refractivity contribution >= 4 is 17.4 Å². The van der Waals surface area contributed by atoms with Crippen molar-refractivity contribution in [3.63, 3.8) is 0 Å². The van der Waals surface area contributed by atoms with Crippen LogP contribution in [0.5, 0.6) is 0 Å². The molecule has 0 unspecified atom stereocenters. The second-order valence-electron chi connectivity index (χ2n) is 3.72. The summed E-state index contributed by atoms with van der Waals surface area (Å²) in [4.78, 5) is 11.5. The van der Waals surface area contributed by atoms with Gasteiger partial charge in [-0.1, -0.05) is 6.92 Å². The van der Waals surface area contributed by atoms with Gasteiger partial charge in [0.15, 0.2) is 0 Å². The van der Waals surface area contributed by atoms with Crippen molar-refractivity contribution in [2.45, 2.75) is 36.3 Å². The number of nitrogens with zero attached hydrogens (tertiary/aromatic N) is 1. The third kappa shape index (κ3) is 2.50. The first-order valence-corrected chi connectivity index (χ1v) is 6.02. The van der Waals surface area contributed by atoms with Crippen LogP contribution in [-0.2, 0) is 6.42 Å². The standard InChI is InChI=1S/C11H13NO2S/c1-2-8-7-9(12(13)14)3-6-11(8)15-10-4-5-10/h3,6-7,10H,2,4-5H2,1H3. The van der Waals surface area contributed by atoms with E-state index in [2.05, 4.69) is 0 Å². The molecule has 0 atom stereocenters. The summed E-state index contributed by atoms with van der Waals surface area (Å²) in [7, 11) is 0. The maximum atomic E-state index is 10.6. The molecule has 0 N–H and O–H groups in total. The fourth-order valence-corrected chi connectivity index (χ4v) is 2.67. The Labute approximate surface area is 93.0 Å². The Balaban J connectivity index is 2.25. The van der Waals surface area contributed by atoms with Crippen molar-refractivity contribution in [3.8, 4) is 0 Å². The zero-order valence-corrected chi connectivity index (χ0v) is 9.42. The van der Waals surface area contributed by atoms with E-state index in [1.54, 1.807) is 12.1 Å². The van der Waals surface area contributed by atoms with Gasteiger partial charge < -0.3 is 0 Å². The topological polar surface area (TPSA) is 43.1 Å². The van der Waals surface area contributed by atoms with E-state index < -0.39 is 0 Å². The van der Waals surface area contributed by atoms with Crippen LogP contribution >= 0.6 is 11.8 Å². The van der Waals surface area contributed by atoms with E-state index in [-0.39, 0.29) is 10.6 Å². The highest BCUT2D eigenvalue weighted by atomic mass is 32.2. The van der Waals surface area contributed by atoms with Gasteiger partial charge in [0.25, 0.3) is 5.69 Å². The Kier molecular flexibility index (Phi) is 2.95. The van der Waals surface area contributed by atoms with Gasteiger partial charge >= 0.3 is 0 Å². The molecule has 1 aliphatic carbocycles. The van der Waals surface area contributed by atoms with Crippen molar-refractivity contribution < 1.29 is 4.92 Å². The third-order valence-corrected chi connectivity index (χ3v) is 3.91. The molecule has 4 heteroatoms. The number of hydrogen-bond donors (Lipinski definition) is 0. The Morgan fingerprint density at radius 1 is 1.53 bits per heavy atom. The van der Waals surface area contributed by atoms with Gasteiger partial charge in [-0.2, -0.15) is 0 Å². The lowest BCUT2D eigenvalue weighted by Crippen LogP contribution is -1.92. The smallest absolute Gasteiger partial charge is 0.258 e. The van der Waals surface area contributed by atoms with Crippen LogP contribution in [0.3, 0.4) is 0 Å². The van der Waals surface area contributed by atoms with Crippen LogP contribution < -0.4 is 0 Å². The van der Waals surface area contributed by atoms with Gasteiger partial charge in [-0.3, -0.25) is 10.1 Å². The molecule has 1 aliphatic rings. The van der Waals surface area contributed by atoms with Crippen LogP contribution in [0.25, 0.3) is 0 Å². The molecule has 80 valence electrons. The predicted molar refractivity (Wildman–Crippen MR) is 61.4 cm³/mol. The molecule has 1 fully saturated rings. The monoisotopic (exact) mass is 223 g/mol. The van der Waals surface area contributed by atoms with Crippen LogP contribution in [0, 0.1) is 10.1 Å². The maximum Gasteiger partial charge on any atom is 0.269 e. The van der Waals surface area contributed by atoms with E-state index in [4.69, 9.17) is 0 Å². The van der Waals surface area contributed by atoms with Crippen molar-refractivity contribution in [3.05, 3.63) is 33.9 Å². The van der Waals surface area contributed by atoms with Crippen LogP contribution in [0.2, 0.25) is 0 Å². The average Bonchev–Trinajstić information content (AvgIpc) is 3.02. The molecule has 0 aliphatic heterocycles. The molecule has 0 amide bonds. The fraction of sp³-hybridized carbons (Fsp3) is 0.455. The van der Waals surface area contributed by atoms with E-state index >= 15 is 0 Å². The summed E-state index contributed by atoms with van der Waals surface area (Å²) in [5.41, 5.74) is 1.30. The Bertz CT molecular complexity index is 388. The largest absolute Gasteiger partial charge is 0.269 e. The van der Waals surface area contributed by atoms with Crippen LogP contribution in [0.1, 0.15) is 25.3 Å². The van der Waals surface area contributed by atoms with Crippen molar-refractivity contribution in [2.24, 2.45) is 0 Å². The first kappa shape index (κ1) is 10.5. The summed E-state index contributed by atoms with van der Waals surface area (Å²) in [5, 5.41) is 11.4. The SMILES string of the molecule is CCc1cc([N+](=O)[O-])ccc1SC1CC1. The van der Waals surface area contributed by atoms with Gasteiger partial charge in [-0.25, -0.2) is 0 Å². The summed E-state index contributed by atoms with van der Waals surface area (Å²) in [6, 6.07) is 5.19. The van der Waals surface area contributed by atoms with Gasteiger partial charge in [0.05, 0.1) is 4.92 Å². The van der Waals surface area contributed by atoms with E-state index in [9.17, 15) is 10.1 Å². The van der Waals surface area contributed by atoms with Crippen LogP contribution in [0.15, 0.2) is 23.1 Å². The normalized spacial score (nSPS) is 15.3. The second-order valence-corrected chi connectivity index (χ2v) is 5.06. The Morgan fingerprint density at radius 3 is 2.80 bits per heavy atom. The molecule has 0 bridgehead atoms. The van der Waals surface area contributed by atoms with Crippen LogP contribution in [0.4, 0.5) is 5.69 Å². The summed E-state index contributed by atoms with van der Waals surface area (Å²) in [5.74, 6) is 0. The summed E-state index contributed by atoms with van der Waals surface area (Å²) < 4.78 is 0. The highest BCUT2D eigenvalue weighted by Gasteiger charge is 2.23. The number of nitro benzene ring substituents is 1. The molecule has 0 heterocycles. The highest BCUT2D eigenvalue weighted by molar-refractivity contribution is 8.00. The number of benzene rings is 1. The quantitative estimate of drug-likeness (QED) is 0.580. The highest BCUT2D eigenvalue weighted by Crippen LogP contribution is 2.41. The number of hydrogen-bond acceptors (Lipinski definition) is 3. The summed E-state index contributed by atoms with van der Waals surface area (Å²) in [6.07, 6.45) is 3.42. The zero-order valence-electron chi connectivity index (χ0n) is 8.60. The van der Waals surface area contributed by atoms with Gasteiger partial charge in [-0.15, -0.1) is 11.8 Å². The van der Waals surface area contributed by atoms with Crippen LogP contribution in [-0.4, -0.2) is 10.2 Å². The molecule has 15 heavy (non-hydrogen) atoms. The fourth-order valence-electron chi connectivity index (χ4n) is 1.44. The van der Waals surface area contributed by atoms with Crippen molar-refractivity contribution in [2.75, 3.05) is 0 Å². The van der Waals surface area contributed by atoms with E-state index in [0.29, 0.717) is 0 Å². The molecule has 0 saturated heterocycles. The minimum Gasteiger partial charge on any atom is -0.258 e. The van der Waals surface area contributed by atoms with Crippen molar-refractivity contribution in [1.82, 2.24) is 0 Å². The lowest BCUT2D eigenvalue weighted by Gasteiger charge is -2.05. The number of aryl methyl sites for hydroxylation is 1. The molecule has 0 spiro atoms. The minimum atomic E-state index is -0.329. The van der Waals surface area contributed by atoms with Crippen molar-refractivity contribution in [1.29, 1.82) is 0 Å². The molecular weight excluding hydrogens is 210 g/mol. The number of nitro groups is 1. The second kappa shape index (κ2) is 4.23. The van der Waals surface area contributed by atoms with Gasteiger partial charge in [-0.05, 0) is 30.9 Å². The van der Waals surface area contributed by atoms with E-state index in [1.165, 1.54) is 17.7 Å². The lowest BCUT2D eigenvalue weighted by atomic mass is 10.1. The molecule has 2 rings (SSSR count). The number of rotatable bonds is 4. The van der Waals surface area contributed by atoms with Gasteiger partial charge in [0.1, 0.15) is 0 Å². The zero-order chi connectivity index (χ0) is 10.8. The minimum absolute atomic E-state index is 0.201. The number of thioether (sulfide) groups is 1. The third-order valence-electron chi connectivity index (χ3n) is 2.45. The number of non-ortho nitro benzene ring substituents is 1. The van der Waals surface area contributed by atoms with E-state index in [0.717, 1.165) is 17.2 Å². The summed E-state index contributed by atoms with van der Waals surface area (Å²) in [6.45, 7) is 2.04. The molecule has 3 nitrogen and oxygen atoms in total. The molecule has 1 saturated carbocycles. The first-order valence-electron chi connectivity index (χ1n) is 5.14. The molecule has 1 aromatic carbocycles. The average molecular weight is 223 g/mol. The molecule has 0 aromatic heterocycles. The van der Waals surface area contributed by atoms with Gasteiger partial charge in [0.2, 0.25) is 0 Å². The van der Waals surface area contributed by atoms with Gasteiger partial charge in [0, 0.05) is 22.3 Å². The molecule has 1 aromatic rings. The maximum absolute atomic E-state index is 10.6. The summed E-state index contributed by atoms with van der Waals surface area (Å²) >= 11 is 1.86. The van der Waals surface area contributed by atoms with E-state index in [1.807, 2.05) is 24.8 Å². The predicted octanol–water partition coefficient (Wildman–Crippen LogP) is 3.41. The molecular formula is C11H13NO2S. The Morgan fingerprint density at radius 2 is 2.27 bits per heavy atom. The first-order chi connectivity index (χ1) is 7.20. The lowest BCUT2D eigenvalue weighted by molar-refractivity contribution is -0.385.